The van der Waals surface area contributed by atoms with E-state index < -0.39 is 24.9 Å². The quantitative estimate of drug-likeness (QED) is 0.329. The largest absolute Gasteiger partial charge is 0.399 e. The Bertz CT molecular complexity index is 311. The highest BCUT2D eigenvalue weighted by Crippen LogP contribution is 2.02. The lowest BCUT2D eigenvalue weighted by Gasteiger charge is -1.99. The number of rotatable bonds is 5. The lowest BCUT2D eigenvalue weighted by Crippen LogP contribution is -2.18. The van der Waals surface area contributed by atoms with Crippen LogP contribution in [0.1, 0.15) is 6.42 Å². The maximum Gasteiger partial charge on any atom is 0.399 e. The molecule has 0 aromatic carbocycles. The molecule has 0 atom stereocenters. The smallest absolute Gasteiger partial charge is 0.396 e. The summed E-state index contributed by atoms with van der Waals surface area (Å²) in [5.41, 5.74) is 0. The van der Waals surface area contributed by atoms with Crippen LogP contribution < -0.4 is 0 Å². The van der Waals surface area contributed by atoms with Crippen LogP contribution in [0.5, 0.6) is 0 Å². The van der Waals surface area contributed by atoms with Crippen molar-refractivity contribution in [2.45, 2.75) is 6.42 Å². The lowest BCUT2D eigenvalue weighted by atomic mass is 10.5. The Labute approximate surface area is 69.2 Å². The van der Waals surface area contributed by atoms with E-state index in [0.29, 0.717) is 0 Å². The maximum atomic E-state index is 10.4. The average molecular weight is 220 g/mol. The second kappa shape index (κ2) is 4.14. The van der Waals surface area contributed by atoms with Crippen molar-refractivity contribution in [2.75, 3.05) is 13.2 Å². The first-order valence-corrected chi connectivity index (χ1v) is 6.15. The van der Waals surface area contributed by atoms with Crippen molar-refractivity contribution >= 4 is 18.3 Å². The minimum absolute atomic E-state index is 0.0330. The van der Waals surface area contributed by atoms with Gasteiger partial charge in [-0.1, -0.05) is 0 Å². The summed E-state index contributed by atoms with van der Waals surface area (Å²) in [6.07, 6.45) is -0.0330. The van der Waals surface area contributed by atoms with Crippen molar-refractivity contribution in [3.8, 4) is 0 Å². The van der Waals surface area contributed by atoms with Crippen LogP contribution in [0, 0.1) is 0 Å². The molecule has 0 aliphatic rings. The third kappa shape index (κ3) is 3.45. The van der Waals surface area contributed by atoms with Gasteiger partial charge in [0.25, 0.3) is 0 Å². The van der Waals surface area contributed by atoms with Crippen molar-refractivity contribution in [3.05, 3.63) is 0 Å². The Balaban J connectivity index is 4.28. The van der Waals surface area contributed by atoms with Crippen LogP contribution in [-0.4, -0.2) is 39.7 Å². The molecule has 0 unspecified atom stereocenters. The number of hydrogen-bond donors (Lipinski definition) is 2. The van der Waals surface area contributed by atoms with Crippen molar-refractivity contribution < 1.29 is 30.7 Å². The topological polar surface area (TPSA) is 118 Å². The maximum absolute atomic E-state index is 10.4. The molecule has 0 heterocycles. The Morgan fingerprint density at radius 1 is 1.17 bits per heavy atom. The summed E-state index contributed by atoms with van der Waals surface area (Å²) in [5, 5.41) is 8.18. The molecule has 0 amide bonds. The van der Waals surface area contributed by atoms with Crippen LogP contribution in [0.3, 0.4) is 0 Å². The van der Waals surface area contributed by atoms with Crippen molar-refractivity contribution in [2.24, 2.45) is 0 Å². The van der Waals surface area contributed by atoms with E-state index >= 15 is 0 Å². The van der Waals surface area contributed by atoms with Gasteiger partial charge in [0, 0.05) is 6.61 Å². The third-order valence-electron chi connectivity index (χ3n) is 0.788. The van der Waals surface area contributed by atoms with Crippen LogP contribution in [0.15, 0.2) is 0 Å². The monoisotopic (exact) mass is 220 g/mol. The zero-order valence-corrected chi connectivity index (χ0v) is 7.51. The molecule has 0 saturated heterocycles. The van der Waals surface area contributed by atoms with Gasteiger partial charge in [0.05, 0.1) is 6.61 Å². The fourth-order valence-electron chi connectivity index (χ4n) is 0.286. The van der Waals surface area contributed by atoms with E-state index in [-0.39, 0.29) is 13.0 Å². The van der Waals surface area contributed by atoms with Gasteiger partial charge in [-0.3, -0.25) is 8.74 Å². The van der Waals surface area contributed by atoms with E-state index in [1.54, 1.807) is 0 Å². The standard InChI is InChI=1S/C3H8O7S2/c4-2-1-3-10-12(8,9)11(5,6)7/h4H,1-3H2,(H,5,6,7). The fraction of sp³-hybridized carbons (Fsp3) is 1.00. The SMILES string of the molecule is O=S(=O)(O)S(=O)(=O)OCCCO. The van der Waals surface area contributed by atoms with Gasteiger partial charge in [-0.15, -0.1) is 0 Å². The first-order valence-electron chi connectivity index (χ1n) is 2.79. The minimum Gasteiger partial charge on any atom is -0.396 e. The molecule has 0 radical (unpaired) electrons. The summed E-state index contributed by atoms with van der Waals surface area (Å²) >= 11 is 0. The Hall–Kier alpha value is -0.220. The fourth-order valence-corrected chi connectivity index (χ4v) is 1.30. The highest BCUT2D eigenvalue weighted by atomic mass is 33.2. The van der Waals surface area contributed by atoms with Crippen LogP contribution in [0.4, 0.5) is 0 Å². The van der Waals surface area contributed by atoms with E-state index in [1.807, 2.05) is 0 Å². The van der Waals surface area contributed by atoms with Crippen LogP contribution in [-0.2, 0) is 22.5 Å². The van der Waals surface area contributed by atoms with Gasteiger partial charge in [0.15, 0.2) is 0 Å². The molecule has 9 heteroatoms. The number of aliphatic hydroxyl groups is 1. The molecule has 2 N–H and O–H groups in total. The number of aliphatic hydroxyl groups excluding tert-OH is 1. The Morgan fingerprint density at radius 2 is 1.67 bits per heavy atom. The normalized spacial score (nSPS) is 13.2. The van der Waals surface area contributed by atoms with E-state index in [0.717, 1.165) is 0 Å². The molecule has 74 valence electrons. The molecule has 0 aromatic heterocycles. The first-order chi connectivity index (χ1) is 5.31. The summed E-state index contributed by atoms with van der Waals surface area (Å²) in [6, 6.07) is 0. The molecular weight excluding hydrogens is 212 g/mol. The summed E-state index contributed by atoms with van der Waals surface area (Å²) in [4.78, 5) is 0. The van der Waals surface area contributed by atoms with E-state index in [1.165, 1.54) is 0 Å². The first kappa shape index (κ1) is 11.8. The summed E-state index contributed by atoms with van der Waals surface area (Å²) < 4.78 is 52.7. The van der Waals surface area contributed by atoms with Gasteiger partial charge >= 0.3 is 18.3 Å². The second-order valence-corrected chi connectivity index (χ2v) is 6.13. The highest BCUT2D eigenvalue weighted by Gasteiger charge is 2.27. The zero-order chi connectivity index (χ0) is 9.83. The molecule has 12 heavy (non-hydrogen) atoms. The Morgan fingerprint density at radius 3 is 2.00 bits per heavy atom. The van der Waals surface area contributed by atoms with Gasteiger partial charge in [0.1, 0.15) is 0 Å². The molecule has 0 fully saturated rings. The van der Waals surface area contributed by atoms with Gasteiger partial charge < -0.3 is 5.11 Å². The van der Waals surface area contributed by atoms with Gasteiger partial charge in [-0.05, 0) is 6.42 Å². The van der Waals surface area contributed by atoms with Crippen molar-refractivity contribution in [1.29, 1.82) is 0 Å². The molecule has 0 rings (SSSR count). The van der Waals surface area contributed by atoms with Crippen LogP contribution in [0.25, 0.3) is 0 Å². The van der Waals surface area contributed by atoms with Gasteiger partial charge in [0.2, 0.25) is 0 Å². The third-order valence-corrected chi connectivity index (χ3v) is 3.60. The minimum atomic E-state index is -5.21. The molecule has 0 aliphatic carbocycles. The van der Waals surface area contributed by atoms with E-state index in [9.17, 15) is 16.8 Å². The molecule has 0 spiro atoms. The van der Waals surface area contributed by atoms with Gasteiger partial charge in [-0.25, -0.2) is 0 Å². The van der Waals surface area contributed by atoms with E-state index in [2.05, 4.69) is 4.18 Å². The predicted molar refractivity (Wildman–Crippen MR) is 38.1 cm³/mol. The second-order valence-electron chi connectivity index (χ2n) is 1.74. The molecule has 7 nitrogen and oxygen atoms in total. The van der Waals surface area contributed by atoms with Crippen LogP contribution in [0.2, 0.25) is 0 Å². The molecule has 0 bridgehead atoms. The average Bonchev–Trinajstić information content (AvgIpc) is 1.85. The van der Waals surface area contributed by atoms with Crippen LogP contribution >= 0.6 is 0 Å². The molecule has 0 aromatic rings. The summed E-state index contributed by atoms with van der Waals surface area (Å²) in [6.45, 7) is -0.820. The van der Waals surface area contributed by atoms with Crippen molar-refractivity contribution in [3.63, 3.8) is 0 Å². The highest BCUT2D eigenvalue weighted by molar-refractivity contribution is 8.63. The summed E-state index contributed by atoms with van der Waals surface area (Å²) in [7, 11) is -10.2. The zero-order valence-electron chi connectivity index (χ0n) is 5.87. The van der Waals surface area contributed by atoms with Gasteiger partial charge in [-0.2, -0.15) is 16.8 Å². The molecule has 0 saturated carbocycles. The lowest BCUT2D eigenvalue weighted by molar-refractivity contribution is 0.239. The molecule has 0 aliphatic heterocycles. The summed E-state index contributed by atoms with van der Waals surface area (Å²) in [5.74, 6) is 0. The molecular formula is C3H8O7S2. The Kier molecular flexibility index (Phi) is 4.06. The predicted octanol–water partition coefficient (Wildman–Crippen LogP) is -1.48. The van der Waals surface area contributed by atoms with E-state index in [4.69, 9.17) is 9.66 Å². The number of hydrogen-bond acceptors (Lipinski definition) is 6. The van der Waals surface area contributed by atoms with Crippen molar-refractivity contribution in [1.82, 2.24) is 0 Å².